The summed E-state index contributed by atoms with van der Waals surface area (Å²) in [6.45, 7) is 7.92. The Labute approximate surface area is 132 Å². The summed E-state index contributed by atoms with van der Waals surface area (Å²) in [5.74, 6) is -0.901. The number of hydrogen-bond donors (Lipinski definition) is 1. The first kappa shape index (κ1) is 15.8. The first-order valence-electron chi connectivity index (χ1n) is 7.01. The molecule has 0 spiro atoms. The van der Waals surface area contributed by atoms with Gasteiger partial charge in [0.2, 0.25) is 0 Å². The molecular formula is C16H19BrN2O2. The second-order valence-corrected chi connectivity index (χ2v) is 6.00. The van der Waals surface area contributed by atoms with Crippen LogP contribution >= 0.6 is 15.9 Å². The van der Waals surface area contributed by atoms with Gasteiger partial charge in [-0.2, -0.15) is 5.10 Å². The molecule has 0 aliphatic heterocycles. The number of carboxylic acids is 1. The zero-order chi connectivity index (χ0) is 15.7. The van der Waals surface area contributed by atoms with Gasteiger partial charge in [-0.15, -0.1) is 0 Å². The first-order chi connectivity index (χ1) is 9.90. The molecule has 2 rings (SSSR count). The number of carbonyl (C=O) groups is 1. The molecule has 0 saturated heterocycles. The molecule has 0 radical (unpaired) electrons. The highest BCUT2D eigenvalue weighted by Crippen LogP contribution is 2.27. The molecule has 1 aromatic heterocycles. The quantitative estimate of drug-likeness (QED) is 0.903. The monoisotopic (exact) mass is 350 g/mol. The van der Waals surface area contributed by atoms with E-state index in [2.05, 4.69) is 21.0 Å². The predicted molar refractivity (Wildman–Crippen MR) is 86.5 cm³/mol. The topological polar surface area (TPSA) is 55.1 Å². The van der Waals surface area contributed by atoms with E-state index in [0.29, 0.717) is 24.1 Å². The van der Waals surface area contributed by atoms with Gasteiger partial charge in [0, 0.05) is 4.47 Å². The first-order valence-corrected chi connectivity index (χ1v) is 7.81. The van der Waals surface area contributed by atoms with E-state index in [1.807, 2.05) is 39.8 Å². The lowest BCUT2D eigenvalue weighted by Crippen LogP contribution is -2.08. The Balaban J connectivity index is 2.79. The molecule has 112 valence electrons. The lowest BCUT2D eigenvalue weighted by atomic mass is 10.1. The SMILES string of the molecule is CCc1nn(-c2c(C)cc(Br)cc2C)c(CC)c1C(=O)O. The average molecular weight is 351 g/mol. The molecule has 0 fully saturated rings. The maximum Gasteiger partial charge on any atom is 0.339 e. The van der Waals surface area contributed by atoms with Gasteiger partial charge in [-0.1, -0.05) is 29.8 Å². The third-order valence-corrected chi connectivity index (χ3v) is 4.06. The van der Waals surface area contributed by atoms with E-state index in [-0.39, 0.29) is 0 Å². The summed E-state index contributed by atoms with van der Waals surface area (Å²) in [6, 6.07) is 4.05. The van der Waals surface area contributed by atoms with Crippen molar-refractivity contribution in [1.82, 2.24) is 9.78 Å². The number of aromatic nitrogens is 2. The van der Waals surface area contributed by atoms with E-state index in [4.69, 9.17) is 0 Å². The van der Waals surface area contributed by atoms with Crippen LogP contribution in [-0.2, 0) is 12.8 Å². The van der Waals surface area contributed by atoms with Crippen LogP contribution < -0.4 is 0 Å². The molecule has 0 atom stereocenters. The molecule has 0 aliphatic rings. The zero-order valence-electron chi connectivity index (χ0n) is 12.7. The molecule has 0 aliphatic carbocycles. The number of hydrogen-bond acceptors (Lipinski definition) is 2. The largest absolute Gasteiger partial charge is 0.478 e. The van der Waals surface area contributed by atoms with Crippen LogP contribution in [0, 0.1) is 13.8 Å². The number of aryl methyl sites for hydroxylation is 3. The zero-order valence-corrected chi connectivity index (χ0v) is 14.3. The van der Waals surface area contributed by atoms with Crippen LogP contribution in [0.1, 0.15) is 46.7 Å². The van der Waals surface area contributed by atoms with Crippen molar-refractivity contribution in [3.05, 3.63) is 44.7 Å². The fraction of sp³-hybridized carbons (Fsp3) is 0.375. The van der Waals surface area contributed by atoms with Crippen molar-refractivity contribution in [3.8, 4) is 5.69 Å². The van der Waals surface area contributed by atoms with Crippen molar-refractivity contribution < 1.29 is 9.90 Å². The summed E-state index contributed by atoms with van der Waals surface area (Å²) in [5, 5.41) is 14.1. The molecule has 0 bridgehead atoms. The smallest absolute Gasteiger partial charge is 0.339 e. The molecular weight excluding hydrogens is 332 g/mol. The summed E-state index contributed by atoms with van der Waals surface area (Å²) in [6.07, 6.45) is 1.24. The molecule has 1 N–H and O–H groups in total. The van der Waals surface area contributed by atoms with Gasteiger partial charge in [0.25, 0.3) is 0 Å². The van der Waals surface area contributed by atoms with Crippen molar-refractivity contribution in [2.24, 2.45) is 0 Å². The van der Waals surface area contributed by atoms with Crippen molar-refractivity contribution in [2.45, 2.75) is 40.5 Å². The van der Waals surface area contributed by atoms with Crippen molar-refractivity contribution in [2.75, 3.05) is 0 Å². The van der Waals surface area contributed by atoms with Crippen LogP contribution in [-0.4, -0.2) is 20.9 Å². The summed E-state index contributed by atoms with van der Waals surface area (Å²) >= 11 is 3.49. The second kappa shape index (κ2) is 6.02. The molecule has 0 amide bonds. The van der Waals surface area contributed by atoms with E-state index in [1.165, 1.54) is 0 Å². The van der Waals surface area contributed by atoms with Crippen LogP contribution in [0.25, 0.3) is 5.69 Å². The van der Waals surface area contributed by atoms with E-state index < -0.39 is 5.97 Å². The third kappa shape index (κ3) is 2.75. The Hall–Kier alpha value is -1.62. The van der Waals surface area contributed by atoms with Gasteiger partial charge in [-0.25, -0.2) is 9.48 Å². The summed E-state index contributed by atoms with van der Waals surface area (Å²) in [5.41, 5.74) is 4.85. The summed E-state index contributed by atoms with van der Waals surface area (Å²) in [7, 11) is 0. The third-order valence-electron chi connectivity index (χ3n) is 3.60. The van der Waals surface area contributed by atoms with E-state index in [1.54, 1.807) is 4.68 Å². The van der Waals surface area contributed by atoms with Crippen LogP contribution in [0.5, 0.6) is 0 Å². The van der Waals surface area contributed by atoms with E-state index >= 15 is 0 Å². The Bertz CT molecular complexity index is 682. The number of nitrogens with zero attached hydrogens (tertiary/aromatic N) is 2. The number of aromatic carboxylic acids is 1. The Morgan fingerprint density at radius 3 is 2.24 bits per heavy atom. The Morgan fingerprint density at radius 2 is 1.81 bits per heavy atom. The second-order valence-electron chi connectivity index (χ2n) is 5.08. The Kier molecular flexibility index (Phi) is 4.52. The van der Waals surface area contributed by atoms with Crippen molar-refractivity contribution in [1.29, 1.82) is 0 Å². The van der Waals surface area contributed by atoms with Crippen molar-refractivity contribution >= 4 is 21.9 Å². The van der Waals surface area contributed by atoms with Gasteiger partial charge in [-0.3, -0.25) is 0 Å². The van der Waals surface area contributed by atoms with Crippen LogP contribution in [0.2, 0.25) is 0 Å². The number of rotatable bonds is 4. The highest BCUT2D eigenvalue weighted by Gasteiger charge is 2.23. The molecule has 5 heteroatoms. The molecule has 2 aromatic rings. The molecule has 0 unspecified atom stereocenters. The lowest BCUT2D eigenvalue weighted by molar-refractivity contribution is 0.0694. The molecule has 4 nitrogen and oxygen atoms in total. The summed E-state index contributed by atoms with van der Waals surface area (Å²) in [4.78, 5) is 11.6. The maximum atomic E-state index is 11.6. The molecule has 21 heavy (non-hydrogen) atoms. The maximum absolute atomic E-state index is 11.6. The van der Waals surface area contributed by atoms with Gasteiger partial charge < -0.3 is 5.11 Å². The predicted octanol–water partition coefficient (Wildman–Crippen LogP) is 4.07. The standard InChI is InChI=1S/C16H19BrN2O2/c1-5-12-14(16(20)21)13(6-2)19(18-12)15-9(3)7-11(17)8-10(15)4/h7-8H,5-6H2,1-4H3,(H,20,21). The molecule has 0 saturated carbocycles. The minimum Gasteiger partial charge on any atom is -0.478 e. The van der Waals surface area contributed by atoms with Crippen molar-refractivity contribution in [3.63, 3.8) is 0 Å². The average Bonchev–Trinajstić information content (AvgIpc) is 2.76. The normalized spacial score (nSPS) is 10.9. The highest BCUT2D eigenvalue weighted by molar-refractivity contribution is 9.10. The van der Waals surface area contributed by atoms with Crippen LogP contribution in [0.15, 0.2) is 16.6 Å². The lowest BCUT2D eigenvalue weighted by Gasteiger charge is -2.13. The fourth-order valence-corrected chi connectivity index (χ4v) is 3.43. The van der Waals surface area contributed by atoms with Gasteiger partial charge in [0.1, 0.15) is 5.56 Å². The number of halogens is 1. The van der Waals surface area contributed by atoms with Gasteiger partial charge in [-0.05, 0) is 49.9 Å². The van der Waals surface area contributed by atoms with Crippen LogP contribution in [0.3, 0.4) is 0 Å². The Morgan fingerprint density at radius 1 is 1.24 bits per heavy atom. The summed E-state index contributed by atoms with van der Waals surface area (Å²) < 4.78 is 2.82. The van der Waals surface area contributed by atoms with Gasteiger partial charge in [0.15, 0.2) is 0 Å². The molecule has 1 aromatic carbocycles. The molecule has 1 heterocycles. The van der Waals surface area contributed by atoms with Gasteiger partial charge in [0.05, 0.1) is 17.1 Å². The number of carboxylic acid groups (broad SMARTS) is 1. The van der Waals surface area contributed by atoms with Gasteiger partial charge >= 0.3 is 5.97 Å². The van der Waals surface area contributed by atoms with Crippen LogP contribution in [0.4, 0.5) is 0 Å². The van der Waals surface area contributed by atoms with E-state index in [0.717, 1.165) is 27.0 Å². The minimum absolute atomic E-state index is 0.349. The van der Waals surface area contributed by atoms with E-state index in [9.17, 15) is 9.90 Å². The number of benzene rings is 1. The highest BCUT2D eigenvalue weighted by atomic mass is 79.9. The minimum atomic E-state index is -0.901. The fourth-order valence-electron chi connectivity index (χ4n) is 2.75.